The fourth-order valence-electron chi connectivity index (χ4n) is 2.49. The molecule has 19 heavy (non-hydrogen) atoms. The van der Waals surface area contributed by atoms with Crippen molar-refractivity contribution < 1.29 is 4.79 Å². The number of pyridine rings is 1. The van der Waals surface area contributed by atoms with Gasteiger partial charge < -0.3 is 10.6 Å². The summed E-state index contributed by atoms with van der Waals surface area (Å²) in [5.41, 5.74) is 6.49. The second-order valence-electron chi connectivity index (χ2n) is 4.61. The number of nitrogens with two attached hydrogens (primary N) is 1. The van der Waals surface area contributed by atoms with E-state index in [-0.39, 0.29) is 12.5 Å². The summed E-state index contributed by atoms with van der Waals surface area (Å²) in [6.45, 7) is 3.21. The molecule has 0 radical (unpaired) electrons. The van der Waals surface area contributed by atoms with Crippen LogP contribution < -0.4 is 5.73 Å². The highest BCUT2D eigenvalue weighted by molar-refractivity contribution is 5.95. The van der Waals surface area contributed by atoms with Crippen LogP contribution in [0.4, 0.5) is 0 Å². The van der Waals surface area contributed by atoms with Crippen molar-refractivity contribution in [1.82, 2.24) is 9.88 Å². The fraction of sp³-hybridized carbons (Fsp3) is 0.467. The van der Waals surface area contributed by atoms with Gasteiger partial charge in [-0.15, -0.1) is 0 Å². The van der Waals surface area contributed by atoms with Crippen LogP contribution >= 0.6 is 0 Å². The summed E-state index contributed by atoms with van der Waals surface area (Å²) >= 11 is 0. The van der Waals surface area contributed by atoms with E-state index in [1.807, 2.05) is 11.0 Å². The average Bonchev–Trinajstić information content (AvgIpc) is 2.93. The Labute approximate surface area is 114 Å². The molecule has 4 nitrogen and oxygen atoms in total. The number of aromatic nitrogens is 1. The Kier molecular flexibility index (Phi) is 4.53. The number of carbonyl (C=O) groups is 1. The molecule has 0 aliphatic carbocycles. The third kappa shape index (κ3) is 2.94. The summed E-state index contributed by atoms with van der Waals surface area (Å²) in [5, 5.41) is 0. The summed E-state index contributed by atoms with van der Waals surface area (Å²) in [6.07, 6.45) is 4.78. The van der Waals surface area contributed by atoms with Gasteiger partial charge in [0.05, 0.1) is 12.1 Å². The van der Waals surface area contributed by atoms with Crippen molar-refractivity contribution in [3.8, 4) is 11.8 Å². The zero-order valence-electron chi connectivity index (χ0n) is 11.2. The molecule has 2 rings (SSSR count). The zero-order chi connectivity index (χ0) is 13.7. The van der Waals surface area contributed by atoms with Crippen LogP contribution in [0.5, 0.6) is 0 Å². The lowest BCUT2D eigenvalue weighted by Gasteiger charge is -2.23. The van der Waals surface area contributed by atoms with E-state index in [0.717, 1.165) is 25.8 Å². The van der Waals surface area contributed by atoms with E-state index in [1.54, 1.807) is 12.3 Å². The SMILES string of the molecule is CCC1CCCN1C(=O)c1ncccc1C#CCN. The molecule has 1 saturated heterocycles. The van der Waals surface area contributed by atoms with Gasteiger partial charge in [-0.1, -0.05) is 18.8 Å². The van der Waals surface area contributed by atoms with E-state index in [0.29, 0.717) is 17.3 Å². The van der Waals surface area contributed by atoms with E-state index in [4.69, 9.17) is 5.73 Å². The molecule has 1 aromatic rings. The van der Waals surface area contributed by atoms with Crippen molar-refractivity contribution in [2.24, 2.45) is 5.73 Å². The Hall–Kier alpha value is -1.86. The summed E-state index contributed by atoms with van der Waals surface area (Å²) in [7, 11) is 0. The van der Waals surface area contributed by atoms with Crippen molar-refractivity contribution >= 4 is 5.91 Å². The number of hydrogen-bond acceptors (Lipinski definition) is 3. The average molecular weight is 257 g/mol. The Morgan fingerprint density at radius 3 is 3.21 bits per heavy atom. The Balaban J connectivity index is 2.28. The topological polar surface area (TPSA) is 59.2 Å². The van der Waals surface area contributed by atoms with Crippen LogP contribution in [0.25, 0.3) is 0 Å². The minimum Gasteiger partial charge on any atom is -0.334 e. The summed E-state index contributed by atoms with van der Waals surface area (Å²) in [6, 6.07) is 3.95. The third-order valence-electron chi connectivity index (χ3n) is 3.44. The van der Waals surface area contributed by atoms with Crippen molar-refractivity contribution in [1.29, 1.82) is 0 Å². The highest BCUT2D eigenvalue weighted by Gasteiger charge is 2.29. The predicted molar refractivity (Wildman–Crippen MR) is 74.5 cm³/mol. The van der Waals surface area contributed by atoms with Crippen LogP contribution in [0.1, 0.15) is 42.2 Å². The van der Waals surface area contributed by atoms with E-state index in [1.165, 1.54) is 0 Å². The molecule has 0 bridgehead atoms. The highest BCUT2D eigenvalue weighted by Crippen LogP contribution is 2.22. The summed E-state index contributed by atoms with van der Waals surface area (Å²) in [4.78, 5) is 18.7. The molecule has 1 atom stereocenters. The molecule has 4 heteroatoms. The third-order valence-corrected chi connectivity index (χ3v) is 3.44. The molecule has 0 spiro atoms. The van der Waals surface area contributed by atoms with E-state index in [9.17, 15) is 4.79 Å². The summed E-state index contributed by atoms with van der Waals surface area (Å²) in [5.74, 6) is 5.70. The lowest BCUT2D eigenvalue weighted by molar-refractivity contribution is 0.0727. The molecule has 1 fully saturated rings. The number of rotatable bonds is 2. The minimum absolute atomic E-state index is 0.00808. The van der Waals surface area contributed by atoms with Gasteiger partial charge in [0.15, 0.2) is 0 Å². The smallest absolute Gasteiger partial charge is 0.273 e. The van der Waals surface area contributed by atoms with Gasteiger partial charge in [0.25, 0.3) is 5.91 Å². The van der Waals surface area contributed by atoms with Gasteiger partial charge in [-0.05, 0) is 31.4 Å². The maximum Gasteiger partial charge on any atom is 0.273 e. The van der Waals surface area contributed by atoms with E-state index >= 15 is 0 Å². The molecule has 1 amide bonds. The molecule has 0 aromatic carbocycles. The normalized spacial score (nSPS) is 18.0. The first-order chi connectivity index (χ1) is 9.27. The minimum atomic E-state index is -0.00808. The van der Waals surface area contributed by atoms with Crippen LogP contribution in [0, 0.1) is 11.8 Å². The molecule has 0 saturated carbocycles. The number of nitrogens with zero attached hydrogens (tertiary/aromatic N) is 2. The molecular formula is C15H19N3O. The summed E-state index contributed by atoms with van der Waals surface area (Å²) < 4.78 is 0. The maximum absolute atomic E-state index is 12.6. The largest absolute Gasteiger partial charge is 0.334 e. The fourth-order valence-corrected chi connectivity index (χ4v) is 2.49. The van der Waals surface area contributed by atoms with Crippen LogP contribution in [-0.4, -0.2) is 34.9 Å². The van der Waals surface area contributed by atoms with Crippen LogP contribution in [0.15, 0.2) is 18.3 Å². The van der Waals surface area contributed by atoms with Crippen LogP contribution in [0.3, 0.4) is 0 Å². The van der Waals surface area contributed by atoms with Crippen molar-refractivity contribution in [2.45, 2.75) is 32.2 Å². The Bertz CT molecular complexity index is 516. The lowest BCUT2D eigenvalue weighted by Crippen LogP contribution is -2.36. The zero-order valence-corrected chi connectivity index (χ0v) is 11.2. The van der Waals surface area contributed by atoms with Gasteiger partial charge in [-0.25, -0.2) is 4.98 Å². The van der Waals surface area contributed by atoms with Crippen molar-refractivity contribution in [3.05, 3.63) is 29.6 Å². The molecule has 1 aromatic heterocycles. The van der Waals surface area contributed by atoms with Gasteiger partial charge in [-0.3, -0.25) is 4.79 Å². The monoisotopic (exact) mass is 257 g/mol. The molecule has 1 aliphatic heterocycles. The van der Waals surface area contributed by atoms with Gasteiger partial charge >= 0.3 is 0 Å². The Morgan fingerprint density at radius 2 is 2.47 bits per heavy atom. The second kappa shape index (κ2) is 6.35. The maximum atomic E-state index is 12.6. The first-order valence-electron chi connectivity index (χ1n) is 6.72. The molecule has 1 unspecified atom stereocenters. The van der Waals surface area contributed by atoms with Gasteiger partial charge in [0.1, 0.15) is 5.69 Å². The van der Waals surface area contributed by atoms with Crippen LogP contribution in [0.2, 0.25) is 0 Å². The van der Waals surface area contributed by atoms with E-state index in [2.05, 4.69) is 23.7 Å². The van der Waals surface area contributed by atoms with Gasteiger partial charge in [-0.2, -0.15) is 0 Å². The Morgan fingerprint density at radius 1 is 1.63 bits per heavy atom. The molecule has 100 valence electrons. The van der Waals surface area contributed by atoms with Gasteiger partial charge in [0.2, 0.25) is 0 Å². The first kappa shape index (κ1) is 13.6. The van der Waals surface area contributed by atoms with Crippen molar-refractivity contribution in [3.63, 3.8) is 0 Å². The molecular weight excluding hydrogens is 238 g/mol. The quantitative estimate of drug-likeness (QED) is 0.815. The number of hydrogen-bond donors (Lipinski definition) is 1. The number of amides is 1. The highest BCUT2D eigenvalue weighted by atomic mass is 16.2. The molecule has 2 N–H and O–H groups in total. The molecule has 1 aliphatic rings. The van der Waals surface area contributed by atoms with Crippen LogP contribution in [-0.2, 0) is 0 Å². The molecule has 2 heterocycles. The van der Waals surface area contributed by atoms with Gasteiger partial charge in [0, 0.05) is 18.8 Å². The standard InChI is InChI=1S/C15H19N3O/c1-2-13-8-5-11-18(13)15(19)14-12(6-3-9-16)7-4-10-17-14/h4,7,10,13H,2,5,8-9,11,16H2,1H3. The first-order valence-corrected chi connectivity index (χ1v) is 6.72. The number of carbonyl (C=O) groups excluding carboxylic acids is 1. The second-order valence-corrected chi connectivity index (χ2v) is 4.61. The predicted octanol–water partition coefficient (Wildman–Crippen LogP) is 1.41. The van der Waals surface area contributed by atoms with Crippen molar-refractivity contribution in [2.75, 3.05) is 13.1 Å². The van der Waals surface area contributed by atoms with E-state index < -0.39 is 0 Å². The lowest BCUT2D eigenvalue weighted by atomic mass is 10.1. The number of likely N-dealkylation sites (tertiary alicyclic amines) is 1.